The molecule has 0 fully saturated rings. The number of carbonyl (C=O) groups is 1. The van der Waals surface area contributed by atoms with Crippen LogP contribution in [0.1, 0.15) is 29.8 Å². The topological polar surface area (TPSA) is 29.1 Å². The maximum atomic E-state index is 13.0. The van der Waals surface area contributed by atoms with Crippen molar-refractivity contribution in [2.45, 2.75) is 20.8 Å². The quantitative estimate of drug-likeness (QED) is 0.777. The highest BCUT2D eigenvalue weighted by molar-refractivity contribution is 5.97. The van der Waals surface area contributed by atoms with E-state index in [-0.39, 0.29) is 17.5 Å². The SMILES string of the molecule is CCNCC(C)C(=O)c1ccc(F)c(C)c1. The van der Waals surface area contributed by atoms with Crippen molar-refractivity contribution >= 4 is 5.78 Å². The lowest BCUT2D eigenvalue weighted by molar-refractivity contribution is 0.0929. The summed E-state index contributed by atoms with van der Waals surface area (Å²) in [6, 6.07) is 4.51. The third kappa shape index (κ3) is 3.14. The summed E-state index contributed by atoms with van der Waals surface area (Å²) in [6.07, 6.45) is 0. The van der Waals surface area contributed by atoms with Crippen molar-refractivity contribution in [2.24, 2.45) is 5.92 Å². The Kier molecular flexibility index (Phi) is 4.62. The molecule has 1 N–H and O–H groups in total. The van der Waals surface area contributed by atoms with E-state index in [0.717, 1.165) is 6.54 Å². The first-order chi connectivity index (χ1) is 7.56. The highest BCUT2D eigenvalue weighted by Crippen LogP contribution is 2.13. The number of benzene rings is 1. The highest BCUT2D eigenvalue weighted by atomic mass is 19.1. The van der Waals surface area contributed by atoms with E-state index in [9.17, 15) is 9.18 Å². The molecule has 16 heavy (non-hydrogen) atoms. The molecule has 1 rings (SSSR count). The van der Waals surface area contributed by atoms with Gasteiger partial charge in [-0.25, -0.2) is 4.39 Å². The molecule has 1 aromatic rings. The van der Waals surface area contributed by atoms with E-state index in [4.69, 9.17) is 0 Å². The normalized spacial score (nSPS) is 12.5. The molecule has 3 heteroatoms. The Morgan fingerprint density at radius 2 is 2.19 bits per heavy atom. The standard InChI is InChI=1S/C13H18FNO/c1-4-15-8-10(3)13(16)11-5-6-12(14)9(2)7-11/h5-7,10,15H,4,8H2,1-3H3. The molecule has 0 saturated heterocycles. The lowest BCUT2D eigenvalue weighted by Gasteiger charge is -2.11. The number of aryl methyl sites for hydroxylation is 1. The molecule has 1 unspecified atom stereocenters. The first kappa shape index (κ1) is 12.8. The van der Waals surface area contributed by atoms with Gasteiger partial charge in [0.15, 0.2) is 5.78 Å². The molecule has 0 spiro atoms. The number of Topliss-reactive ketones (excluding diaryl/α,β-unsaturated/α-hetero) is 1. The van der Waals surface area contributed by atoms with Gasteiger partial charge in [0.25, 0.3) is 0 Å². The summed E-state index contributed by atoms with van der Waals surface area (Å²) in [7, 11) is 0. The summed E-state index contributed by atoms with van der Waals surface area (Å²) in [5.41, 5.74) is 1.10. The van der Waals surface area contributed by atoms with E-state index in [2.05, 4.69) is 5.32 Å². The summed E-state index contributed by atoms with van der Waals surface area (Å²) in [5.74, 6) is -0.287. The van der Waals surface area contributed by atoms with E-state index < -0.39 is 0 Å². The fourth-order valence-corrected chi connectivity index (χ4v) is 1.54. The van der Waals surface area contributed by atoms with Gasteiger partial charge in [0.05, 0.1) is 0 Å². The zero-order valence-electron chi connectivity index (χ0n) is 10.0. The van der Waals surface area contributed by atoms with Crippen molar-refractivity contribution in [1.82, 2.24) is 5.32 Å². The second kappa shape index (κ2) is 5.75. The van der Waals surface area contributed by atoms with E-state index in [0.29, 0.717) is 17.7 Å². The van der Waals surface area contributed by atoms with Crippen LogP contribution in [0.5, 0.6) is 0 Å². The second-order valence-corrected chi connectivity index (χ2v) is 4.04. The van der Waals surface area contributed by atoms with Gasteiger partial charge in [-0.3, -0.25) is 4.79 Å². The molecule has 0 bridgehead atoms. The van der Waals surface area contributed by atoms with Crippen LogP contribution < -0.4 is 5.32 Å². The van der Waals surface area contributed by atoms with Gasteiger partial charge in [0.2, 0.25) is 0 Å². The molecule has 0 amide bonds. The minimum absolute atomic E-state index is 0.0593. The maximum absolute atomic E-state index is 13.0. The Morgan fingerprint density at radius 3 is 2.75 bits per heavy atom. The zero-order valence-corrected chi connectivity index (χ0v) is 10.0. The minimum atomic E-state index is -0.268. The van der Waals surface area contributed by atoms with Crippen molar-refractivity contribution in [2.75, 3.05) is 13.1 Å². The molecule has 0 aliphatic rings. The van der Waals surface area contributed by atoms with Crippen molar-refractivity contribution in [3.8, 4) is 0 Å². The Balaban J connectivity index is 2.76. The molecular weight excluding hydrogens is 205 g/mol. The summed E-state index contributed by atoms with van der Waals surface area (Å²) in [4.78, 5) is 12.0. The van der Waals surface area contributed by atoms with Gasteiger partial charge in [-0.2, -0.15) is 0 Å². The van der Waals surface area contributed by atoms with Gasteiger partial charge >= 0.3 is 0 Å². The molecule has 1 atom stereocenters. The highest BCUT2D eigenvalue weighted by Gasteiger charge is 2.15. The van der Waals surface area contributed by atoms with Crippen LogP contribution in [-0.4, -0.2) is 18.9 Å². The number of carbonyl (C=O) groups excluding carboxylic acids is 1. The van der Waals surface area contributed by atoms with Crippen molar-refractivity contribution < 1.29 is 9.18 Å². The van der Waals surface area contributed by atoms with Crippen LogP contribution in [0.25, 0.3) is 0 Å². The first-order valence-corrected chi connectivity index (χ1v) is 5.57. The fourth-order valence-electron chi connectivity index (χ4n) is 1.54. The van der Waals surface area contributed by atoms with Crippen molar-refractivity contribution in [3.63, 3.8) is 0 Å². The van der Waals surface area contributed by atoms with E-state index in [1.165, 1.54) is 6.07 Å². The predicted octanol–water partition coefficient (Wildman–Crippen LogP) is 2.56. The number of hydrogen-bond acceptors (Lipinski definition) is 2. The van der Waals surface area contributed by atoms with Crippen molar-refractivity contribution in [3.05, 3.63) is 35.1 Å². The third-order valence-electron chi connectivity index (χ3n) is 2.59. The first-order valence-electron chi connectivity index (χ1n) is 5.57. The van der Waals surface area contributed by atoms with E-state index >= 15 is 0 Å². The summed E-state index contributed by atoms with van der Waals surface area (Å²) in [5, 5.41) is 3.13. The Morgan fingerprint density at radius 1 is 1.50 bits per heavy atom. The van der Waals surface area contributed by atoms with Crippen molar-refractivity contribution in [1.29, 1.82) is 0 Å². The van der Waals surface area contributed by atoms with Gasteiger partial charge in [-0.05, 0) is 37.2 Å². The van der Waals surface area contributed by atoms with Gasteiger partial charge in [-0.1, -0.05) is 13.8 Å². The van der Waals surface area contributed by atoms with Crippen LogP contribution >= 0.6 is 0 Å². The molecule has 0 radical (unpaired) electrons. The monoisotopic (exact) mass is 223 g/mol. The van der Waals surface area contributed by atoms with E-state index in [1.54, 1.807) is 19.1 Å². The lowest BCUT2D eigenvalue weighted by atomic mass is 9.98. The molecule has 0 saturated carbocycles. The van der Waals surface area contributed by atoms with Crippen LogP contribution in [0.2, 0.25) is 0 Å². The van der Waals surface area contributed by atoms with E-state index in [1.807, 2.05) is 13.8 Å². The third-order valence-corrected chi connectivity index (χ3v) is 2.59. The minimum Gasteiger partial charge on any atom is -0.316 e. The number of nitrogens with one attached hydrogen (secondary N) is 1. The molecule has 1 aromatic carbocycles. The van der Waals surface area contributed by atoms with Crippen LogP contribution in [0.15, 0.2) is 18.2 Å². The number of hydrogen-bond donors (Lipinski definition) is 1. The molecule has 0 heterocycles. The van der Waals surface area contributed by atoms with Crippen LogP contribution in [-0.2, 0) is 0 Å². The average molecular weight is 223 g/mol. The molecule has 88 valence electrons. The predicted molar refractivity (Wildman–Crippen MR) is 63.2 cm³/mol. The number of rotatable bonds is 5. The van der Waals surface area contributed by atoms with Crippen LogP contribution in [0.3, 0.4) is 0 Å². The van der Waals surface area contributed by atoms with Gasteiger partial charge < -0.3 is 5.32 Å². The lowest BCUT2D eigenvalue weighted by Crippen LogP contribution is -2.26. The average Bonchev–Trinajstić information content (AvgIpc) is 2.28. The molecule has 0 aromatic heterocycles. The number of halogens is 1. The van der Waals surface area contributed by atoms with Gasteiger partial charge in [0, 0.05) is 18.0 Å². The summed E-state index contributed by atoms with van der Waals surface area (Å²) >= 11 is 0. The largest absolute Gasteiger partial charge is 0.316 e. The zero-order chi connectivity index (χ0) is 12.1. The Bertz CT molecular complexity index is 376. The van der Waals surface area contributed by atoms with Crippen LogP contribution in [0.4, 0.5) is 4.39 Å². The second-order valence-electron chi connectivity index (χ2n) is 4.04. The summed E-state index contributed by atoms with van der Waals surface area (Å²) in [6.45, 7) is 7.05. The molecule has 0 aliphatic heterocycles. The number of ketones is 1. The fraction of sp³-hybridized carbons (Fsp3) is 0.462. The van der Waals surface area contributed by atoms with Crippen LogP contribution in [0, 0.1) is 18.7 Å². The Hall–Kier alpha value is -1.22. The smallest absolute Gasteiger partial charge is 0.166 e. The summed E-state index contributed by atoms with van der Waals surface area (Å²) < 4.78 is 13.0. The molecular formula is C13H18FNO. The maximum Gasteiger partial charge on any atom is 0.166 e. The molecule has 2 nitrogen and oxygen atoms in total. The Labute approximate surface area is 95.9 Å². The van der Waals surface area contributed by atoms with Gasteiger partial charge in [0.1, 0.15) is 5.82 Å². The van der Waals surface area contributed by atoms with Gasteiger partial charge in [-0.15, -0.1) is 0 Å². The molecule has 0 aliphatic carbocycles.